The maximum absolute atomic E-state index is 14.7. The molecule has 0 saturated heterocycles. The van der Waals surface area contributed by atoms with Gasteiger partial charge >= 0.3 is 17.9 Å². The van der Waals surface area contributed by atoms with Crippen LogP contribution in [-0.4, -0.2) is 36.8 Å². The third kappa shape index (κ3) is 5.13. The van der Waals surface area contributed by atoms with Gasteiger partial charge in [-0.25, -0.2) is 27.5 Å². The molecule has 0 radical (unpaired) electrons. The van der Waals surface area contributed by atoms with Gasteiger partial charge in [0.2, 0.25) is 10.0 Å². The topological polar surface area (TPSA) is 145 Å². The highest BCUT2D eigenvalue weighted by atomic mass is 32.2. The summed E-state index contributed by atoms with van der Waals surface area (Å²) in [5.74, 6) is -4.39. The fourth-order valence-electron chi connectivity index (χ4n) is 3.68. The number of carboxylic acids is 1. The van der Waals surface area contributed by atoms with Gasteiger partial charge in [0.1, 0.15) is 5.52 Å². The van der Waals surface area contributed by atoms with E-state index in [0.717, 1.165) is 36.2 Å². The predicted molar refractivity (Wildman–Crippen MR) is 111 cm³/mol. The maximum Gasteiger partial charge on any atom is 0.490 e. The highest BCUT2D eigenvalue weighted by Gasteiger charge is 2.38. The number of primary sulfonamides is 1. The predicted octanol–water partition coefficient (Wildman–Crippen LogP) is 2.27. The SMILES string of the molecule is C[C@@H](c1cccc2c1CNCC2)n1c(=O)oc2cc(S(N)(=O)=O)cc(F)c21.O=C(O)C(F)(F)F. The average Bonchev–Trinajstić information content (AvgIpc) is 3.08. The van der Waals surface area contributed by atoms with Crippen molar-refractivity contribution in [2.75, 3.05) is 6.54 Å². The summed E-state index contributed by atoms with van der Waals surface area (Å²) < 4.78 is 75.8. The molecule has 0 fully saturated rings. The Morgan fingerprint density at radius 2 is 1.94 bits per heavy atom. The van der Waals surface area contributed by atoms with Crippen LogP contribution < -0.4 is 16.2 Å². The number of aliphatic carboxylic acids is 1. The number of fused-ring (bicyclic) bond motifs is 2. The van der Waals surface area contributed by atoms with E-state index in [9.17, 15) is 30.8 Å². The van der Waals surface area contributed by atoms with E-state index in [1.54, 1.807) is 6.92 Å². The molecule has 1 atom stereocenters. The molecule has 0 aliphatic carbocycles. The lowest BCUT2D eigenvalue weighted by Crippen LogP contribution is -2.27. The molecular weight excluding hydrogens is 486 g/mol. The van der Waals surface area contributed by atoms with Crippen LogP contribution in [-0.2, 0) is 27.8 Å². The Labute approximate surface area is 189 Å². The van der Waals surface area contributed by atoms with Crippen LogP contribution in [0.1, 0.15) is 29.7 Å². The van der Waals surface area contributed by atoms with Crippen molar-refractivity contribution in [3.05, 3.63) is 63.4 Å². The van der Waals surface area contributed by atoms with Gasteiger partial charge in [0, 0.05) is 12.6 Å². The summed E-state index contributed by atoms with van der Waals surface area (Å²) in [5.41, 5.74) is 2.93. The molecule has 3 aromatic rings. The van der Waals surface area contributed by atoms with Gasteiger partial charge in [-0.15, -0.1) is 0 Å². The van der Waals surface area contributed by atoms with Gasteiger partial charge in [-0.1, -0.05) is 18.2 Å². The molecule has 14 heteroatoms. The van der Waals surface area contributed by atoms with Crippen molar-refractivity contribution < 1.29 is 40.3 Å². The summed E-state index contributed by atoms with van der Waals surface area (Å²) in [5, 5.41) is 15.5. The molecule has 2 heterocycles. The lowest BCUT2D eigenvalue weighted by atomic mass is 9.92. The van der Waals surface area contributed by atoms with Crippen molar-refractivity contribution in [3.63, 3.8) is 0 Å². The van der Waals surface area contributed by atoms with E-state index in [2.05, 4.69) is 5.32 Å². The number of nitrogens with two attached hydrogens (primary N) is 1. The second-order valence-corrected chi connectivity index (χ2v) is 8.99. The highest BCUT2D eigenvalue weighted by molar-refractivity contribution is 7.89. The van der Waals surface area contributed by atoms with Crippen molar-refractivity contribution in [1.82, 2.24) is 9.88 Å². The van der Waals surface area contributed by atoms with Crippen LogP contribution in [0.5, 0.6) is 0 Å². The number of benzene rings is 2. The number of sulfonamides is 1. The molecular formula is C20H19F4N3O6S. The van der Waals surface area contributed by atoms with Crippen LogP contribution in [0.4, 0.5) is 17.6 Å². The Bertz CT molecular complexity index is 1410. The molecule has 0 amide bonds. The van der Waals surface area contributed by atoms with E-state index in [0.29, 0.717) is 6.54 Å². The first-order chi connectivity index (χ1) is 15.7. The Morgan fingerprint density at radius 3 is 2.53 bits per heavy atom. The fourth-order valence-corrected chi connectivity index (χ4v) is 4.22. The molecule has 1 aromatic heterocycles. The van der Waals surface area contributed by atoms with Gasteiger partial charge in [-0.3, -0.25) is 4.57 Å². The molecule has 0 saturated carbocycles. The minimum Gasteiger partial charge on any atom is -0.475 e. The number of hydrogen-bond donors (Lipinski definition) is 3. The second-order valence-electron chi connectivity index (χ2n) is 7.43. The summed E-state index contributed by atoms with van der Waals surface area (Å²) in [6.45, 7) is 3.33. The van der Waals surface area contributed by atoms with E-state index >= 15 is 0 Å². The molecule has 1 aliphatic heterocycles. The molecule has 0 spiro atoms. The minimum atomic E-state index is -5.08. The third-order valence-electron chi connectivity index (χ3n) is 5.23. The Hall–Kier alpha value is -3.23. The zero-order chi connectivity index (χ0) is 25.4. The van der Waals surface area contributed by atoms with Gasteiger partial charge < -0.3 is 14.8 Å². The Morgan fingerprint density at radius 1 is 1.29 bits per heavy atom. The summed E-state index contributed by atoms with van der Waals surface area (Å²) in [4.78, 5) is 20.9. The van der Waals surface area contributed by atoms with Crippen LogP contribution in [0.15, 0.2) is 44.4 Å². The van der Waals surface area contributed by atoms with Gasteiger partial charge in [-0.2, -0.15) is 13.2 Å². The summed E-state index contributed by atoms with van der Waals surface area (Å²) in [6.07, 6.45) is -4.21. The number of nitrogens with one attached hydrogen (secondary N) is 1. The van der Waals surface area contributed by atoms with E-state index < -0.39 is 44.7 Å². The Balaban J connectivity index is 0.000000406. The monoisotopic (exact) mass is 505 g/mol. The minimum absolute atomic E-state index is 0.0822. The van der Waals surface area contributed by atoms with Crippen LogP contribution >= 0.6 is 0 Å². The molecule has 9 nitrogen and oxygen atoms in total. The summed E-state index contributed by atoms with van der Waals surface area (Å²) >= 11 is 0. The van der Waals surface area contributed by atoms with Crippen LogP contribution in [0.3, 0.4) is 0 Å². The highest BCUT2D eigenvalue weighted by Crippen LogP contribution is 2.30. The van der Waals surface area contributed by atoms with Crippen molar-refractivity contribution in [2.45, 2.75) is 37.0 Å². The van der Waals surface area contributed by atoms with Crippen LogP contribution in [0.25, 0.3) is 11.1 Å². The standard InChI is InChI=1S/C18H18FN3O4S.C2HF3O2/c1-10(13-4-2-3-11-5-6-21-9-14(11)13)22-17-15(19)7-12(27(20,24)25)8-16(17)26-18(22)23;3-2(4,5)1(6)7/h2-4,7-8,10,21H,5-6,9H2,1H3,(H2,20,24,25);(H,6,7)/t10-;/m0./s1. The summed E-state index contributed by atoms with van der Waals surface area (Å²) in [6, 6.07) is 7.24. The molecule has 1 aliphatic rings. The second kappa shape index (κ2) is 9.19. The van der Waals surface area contributed by atoms with Crippen molar-refractivity contribution in [2.24, 2.45) is 5.14 Å². The zero-order valence-electron chi connectivity index (χ0n) is 17.5. The van der Waals surface area contributed by atoms with Gasteiger partial charge in [-0.05, 0) is 42.6 Å². The maximum atomic E-state index is 14.7. The lowest BCUT2D eigenvalue weighted by molar-refractivity contribution is -0.192. The molecule has 34 heavy (non-hydrogen) atoms. The molecule has 4 rings (SSSR count). The quantitative estimate of drug-likeness (QED) is 0.463. The molecule has 2 aromatic carbocycles. The number of carboxylic acid groups (broad SMARTS) is 1. The van der Waals surface area contributed by atoms with Crippen LogP contribution in [0, 0.1) is 5.82 Å². The average molecular weight is 505 g/mol. The number of oxazole rings is 1. The van der Waals surface area contributed by atoms with Crippen LogP contribution in [0.2, 0.25) is 0 Å². The number of hydrogen-bond acceptors (Lipinski definition) is 6. The van der Waals surface area contributed by atoms with Gasteiger partial charge in [0.15, 0.2) is 11.4 Å². The summed E-state index contributed by atoms with van der Waals surface area (Å²) in [7, 11) is -4.12. The van der Waals surface area contributed by atoms with Crippen molar-refractivity contribution in [3.8, 4) is 0 Å². The number of rotatable bonds is 3. The zero-order valence-corrected chi connectivity index (χ0v) is 18.3. The van der Waals surface area contributed by atoms with E-state index in [-0.39, 0.29) is 11.1 Å². The van der Waals surface area contributed by atoms with Crippen molar-refractivity contribution >= 4 is 27.1 Å². The van der Waals surface area contributed by atoms with Gasteiger partial charge in [0.25, 0.3) is 0 Å². The number of halogens is 4. The third-order valence-corrected chi connectivity index (χ3v) is 6.12. The Kier molecular flexibility index (Phi) is 6.87. The fraction of sp³-hybridized carbons (Fsp3) is 0.300. The number of nitrogens with zero attached hydrogens (tertiary/aromatic N) is 1. The van der Waals surface area contributed by atoms with E-state index in [1.807, 2.05) is 18.2 Å². The molecule has 0 unspecified atom stereocenters. The molecule has 0 bridgehead atoms. The van der Waals surface area contributed by atoms with Crippen molar-refractivity contribution in [1.29, 1.82) is 0 Å². The molecule has 184 valence electrons. The van der Waals surface area contributed by atoms with Gasteiger partial charge in [0.05, 0.1) is 10.9 Å². The number of alkyl halides is 3. The first-order valence-corrected chi connectivity index (χ1v) is 11.2. The van der Waals surface area contributed by atoms with E-state index in [4.69, 9.17) is 19.5 Å². The smallest absolute Gasteiger partial charge is 0.475 e. The normalized spacial score (nSPS) is 14.8. The first kappa shape index (κ1) is 25.4. The molecule has 4 N–H and O–H groups in total. The lowest BCUT2D eigenvalue weighted by Gasteiger charge is -2.24. The number of aromatic nitrogens is 1. The number of carbonyl (C=O) groups is 1. The first-order valence-electron chi connectivity index (χ1n) is 9.70. The van der Waals surface area contributed by atoms with E-state index in [1.165, 1.54) is 10.1 Å². The largest absolute Gasteiger partial charge is 0.490 e.